The number of hydrogen-bond donors (Lipinski definition) is 1. The van der Waals surface area contributed by atoms with E-state index in [1.165, 1.54) is 17.6 Å². The molecule has 0 aromatic carbocycles. The summed E-state index contributed by atoms with van der Waals surface area (Å²) in [5, 5.41) is 8.30. The molecule has 0 aliphatic carbocycles. The Morgan fingerprint density at radius 3 is 3.17 bits per heavy atom. The number of hydrogen-bond acceptors (Lipinski definition) is 4. The minimum absolute atomic E-state index is 0.103. The molecule has 1 rings (SSSR count). The van der Waals surface area contributed by atoms with Crippen molar-refractivity contribution in [1.82, 2.24) is 14.9 Å². The van der Waals surface area contributed by atoms with E-state index in [0.29, 0.717) is 0 Å². The molecule has 1 unspecified atom stereocenters. The Morgan fingerprint density at radius 2 is 2.67 bits per heavy atom. The predicted molar refractivity (Wildman–Crippen MR) is 46.7 cm³/mol. The van der Waals surface area contributed by atoms with Crippen LogP contribution in [0.15, 0.2) is 18.0 Å². The molecule has 1 atom stereocenters. The highest BCUT2D eigenvalue weighted by Gasteiger charge is 2.08. The first kappa shape index (κ1) is 8.86. The molecular weight excluding hydrogens is 174 g/mol. The van der Waals surface area contributed by atoms with Crippen LogP contribution in [-0.4, -0.2) is 15.5 Å². The lowest BCUT2D eigenvalue weighted by molar-refractivity contribution is -0.117. The van der Waals surface area contributed by atoms with Crippen LogP contribution >= 0.6 is 11.5 Å². The number of carbonyl (C=O) groups is 1. The lowest BCUT2D eigenvalue weighted by Gasteiger charge is -2.07. The zero-order chi connectivity index (χ0) is 8.97. The zero-order valence-electron chi connectivity index (χ0n) is 6.65. The molecule has 0 aliphatic heterocycles. The van der Waals surface area contributed by atoms with Gasteiger partial charge in [0.2, 0.25) is 5.91 Å². The highest BCUT2D eigenvalue weighted by atomic mass is 32.1. The van der Waals surface area contributed by atoms with Crippen molar-refractivity contribution >= 4 is 17.4 Å². The summed E-state index contributed by atoms with van der Waals surface area (Å²) in [4.78, 5) is 10.8. The van der Waals surface area contributed by atoms with Gasteiger partial charge in [0.15, 0.2) is 0 Å². The molecule has 0 saturated carbocycles. The third-order valence-corrected chi connectivity index (χ3v) is 1.89. The molecule has 4 nitrogen and oxygen atoms in total. The molecule has 1 N–H and O–H groups in total. The van der Waals surface area contributed by atoms with E-state index in [1.807, 2.05) is 6.92 Å². The van der Waals surface area contributed by atoms with Gasteiger partial charge >= 0.3 is 0 Å². The lowest BCUT2D eigenvalue weighted by Crippen LogP contribution is -2.24. The second-order valence-corrected chi connectivity index (χ2v) is 2.87. The number of amides is 1. The van der Waals surface area contributed by atoms with Crippen LogP contribution in [0.2, 0.25) is 0 Å². The maximum atomic E-state index is 10.8. The second kappa shape index (κ2) is 3.96. The van der Waals surface area contributed by atoms with Crippen LogP contribution in [0.4, 0.5) is 0 Å². The number of nitrogens with one attached hydrogen (secondary N) is 1. The second-order valence-electron chi connectivity index (χ2n) is 2.26. The monoisotopic (exact) mass is 183 g/mol. The Balaban J connectivity index is 2.55. The molecule has 12 heavy (non-hydrogen) atoms. The molecule has 1 amide bonds. The average Bonchev–Trinajstić information content (AvgIpc) is 2.56. The highest BCUT2D eigenvalue weighted by molar-refractivity contribution is 7.03. The summed E-state index contributed by atoms with van der Waals surface area (Å²) in [6.45, 7) is 5.19. The van der Waals surface area contributed by atoms with Gasteiger partial charge in [0.1, 0.15) is 0 Å². The molecule has 0 bridgehead atoms. The van der Waals surface area contributed by atoms with E-state index < -0.39 is 0 Å². The summed E-state index contributed by atoms with van der Waals surface area (Å²) in [5.41, 5.74) is 0.773. The Labute approximate surface area is 74.5 Å². The van der Waals surface area contributed by atoms with Gasteiger partial charge in [0.25, 0.3) is 0 Å². The summed E-state index contributed by atoms with van der Waals surface area (Å²) in [6, 6.07) is -0.103. The predicted octanol–water partition coefficient (Wildman–Crippen LogP) is 0.901. The summed E-state index contributed by atoms with van der Waals surface area (Å²) < 4.78 is 3.69. The van der Waals surface area contributed by atoms with Crippen LogP contribution in [0.5, 0.6) is 0 Å². The van der Waals surface area contributed by atoms with Crippen molar-refractivity contribution in [1.29, 1.82) is 0 Å². The van der Waals surface area contributed by atoms with Gasteiger partial charge in [0.05, 0.1) is 11.7 Å². The largest absolute Gasteiger partial charge is 0.344 e. The number of nitrogens with zero attached hydrogens (tertiary/aromatic N) is 2. The van der Waals surface area contributed by atoms with Crippen molar-refractivity contribution in [3.8, 4) is 0 Å². The fraction of sp³-hybridized carbons (Fsp3) is 0.286. The Hall–Kier alpha value is -1.23. The lowest BCUT2D eigenvalue weighted by atomic mass is 10.2. The van der Waals surface area contributed by atoms with E-state index in [0.717, 1.165) is 5.69 Å². The first-order chi connectivity index (χ1) is 5.74. The van der Waals surface area contributed by atoms with Gasteiger partial charge in [-0.3, -0.25) is 4.79 Å². The average molecular weight is 183 g/mol. The molecule has 0 aliphatic rings. The molecule has 5 heteroatoms. The molecule has 64 valence electrons. The molecule has 1 aromatic heterocycles. The summed E-state index contributed by atoms with van der Waals surface area (Å²) in [5.74, 6) is -0.199. The molecule has 1 heterocycles. The quantitative estimate of drug-likeness (QED) is 0.708. The van der Waals surface area contributed by atoms with E-state index in [9.17, 15) is 4.79 Å². The van der Waals surface area contributed by atoms with E-state index in [2.05, 4.69) is 21.5 Å². The van der Waals surface area contributed by atoms with Gasteiger partial charge in [-0.2, -0.15) is 0 Å². The maximum Gasteiger partial charge on any atom is 0.243 e. The van der Waals surface area contributed by atoms with Crippen LogP contribution in [-0.2, 0) is 4.79 Å². The number of carbonyl (C=O) groups excluding carboxylic acids is 1. The van der Waals surface area contributed by atoms with Crippen molar-refractivity contribution in [2.45, 2.75) is 13.0 Å². The normalized spacial score (nSPS) is 12.1. The Kier molecular flexibility index (Phi) is 2.93. The van der Waals surface area contributed by atoms with Gasteiger partial charge in [-0.25, -0.2) is 0 Å². The third-order valence-electron chi connectivity index (χ3n) is 1.36. The third kappa shape index (κ3) is 2.13. The van der Waals surface area contributed by atoms with E-state index in [4.69, 9.17) is 0 Å². The molecule has 0 spiro atoms. The summed E-state index contributed by atoms with van der Waals surface area (Å²) in [7, 11) is 0. The van der Waals surface area contributed by atoms with Crippen molar-refractivity contribution in [3.05, 3.63) is 23.7 Å². The topological polar surface area (TPSA) is 54.9 Å². The zero-order valence-corrected chi connectivity index (χ0v) is 7.47. The van der Waals surface area contributed by atoms with Gasteiger partial charge in [-0.05, 0) is 24.5 Å². The highest BCUT2D eigenvalue weighted by Crippen LogP contribution is 2.09. The first-order valence-corrected chi connectivity index (χ1v) is 4.27. The van der Waals surface area contributed by atoms with Gasteiger partial charge in [-0.15, -0.1) is 5.10 Å². The Bertz CT molecular complexity index is 270. The molecule has 0 fully saturated rings. The van der Waals surface area contributed by atoms with Crippen molar-refractivity contribution in [2.24, 2.45) is 0 Å². The van der Waals surface area contributed by atoms with Crippen LogP contribution in [0.3, 0.4) is 0 Å². The van der Waals surface area contributed by atoms with Crippen molar-refractivity contribution < 1.29 is 4.79 Å². The SMILES string of the molecule is C=CC(=O)NC(C)c1csnn1. The summed E-state index contributed by atoms with van der Waals surface area (Å²) >= 11 is 1.26. The Morgan fingerprint density at radius 1 is 1.92 bits per heavy atom. The van der Waals surface area contributed by atoms with Crippen LogP contribution < -0.4 is 5.32 Å². The van der Waals surface area contributed by atoms with Crippen molar-refractivity contribution in [3.63, 3.8) is 0 Å². The molecule has 1 aromatic rings. The smallest absolute Gasteiger partial charge is 0.243 e. The van der Waals surface area contributed by atoms with Crippen LogP contribution in [0.25, 0.3) is 0 Å². The molecule has 0 radical (unpaired) electrons. The molecular formula is C7H9N3OS. The minimum Gasteiger partial charge on any atom is -0.344 e. The van der Waals surface area contributed by atoms with Crippen LogP contribution in [0.1, 0.15) is 18.7 Å². The maximum absolute atomic E-state index is 10.8. The summed E-state index contributed by atoms with van der Waals surface area (Å²) in [6.07, 6.45) is 1.23. The van der Waals surface area contributed by atoms with E-state index >= 15 is 0 Å². The van der Waals surface area contributed by atoms with E-state index in [-0.39, 0.29) is 11.9 Å². The minimum atomic E-state index is -0.199. The molecule has 0 saturated heterocycles. The van der Waals surface area contributed by atoms with Crippen LogP contribution in [0, 0.1) is 0 Å². The van der Waals surface area contributed by atoms with Gasteiger partial charge in [-0.1, -0.05) is 11.1 Å². The number of aromatic nitrogens is 2. The first-order valence-electron chi connectivity index (χ1n) is 3.44. The number of rotatable bonds is 3. The van der Waals surface area contributed by atoms with Crippen molar-refractivity contribution in [2.75, 3.05) is 0 Å². The van der Waals surface area contributed by atoms with Gasteiger partial charge < -0.3 is 5.32 Å². The fourth-order valence-corrected chi connectivity index (χ4v) is 1.25. The van der Waals surface area contributed by atoms with Gasteiger partial charge in [0, 0.05) is 5.38 Å². The fourth-order valence-electron chi connectivity index (χ4n) is 0.707. The standard InChI is InChI=1S/C7H9N3OS/c1-3-7(11)8-5(2)6-4-12-10-9-6/h3-5H,1H2,2H3,(H,8,11). The van der Waals surface area contributed by atoms with E-state index in [1.54, 1.807) is 5.38 Å².